The normalized spacial score (nSPS) is 11.3. The van der Waals surface area contributed by atoms with Gasteiger partial charge in [0.1, 0.15) is 0 Å². The van der Waals surface area contributed by atoms with E-state index < -0.39 is 0 Å². The van der Waals surface area contributed by atoms with Crippen LogP contribution in [0.25, 0.3) is 11.0 Å². The molecule has 4 rings (SSSR count). The van der Waals surface area contributed by atoms with Gasteiger partial charge in [-0.3, -0.25) is 4.79 Å². The minimum absolute atomic E-state index is 0.183. The van der Waals surface area contributed by atoms with Crippen molar-refractivity contribution in [2.45, 2.75) is 18.6 Å². The summed E-state index contributed by atoms with van der Waals surface area (Å²) < 4.78 is 2.13. The van der Waals surface area contributed by atoms with E-state index in [-0.39, 0.29) is 11.7 Å². The summed E-state index contributed by atoms with van der Waals surface area (Å²) in [5.74, 6) is -0.0478. The van der Waals surface area contributed by atoms with Crippen molar-refractivity contribution < 1.29 is 4.79 Å². The number of imidazole rings is 1. The molecule has 1 amide bonds. The third kappa shape index (κ3) is 5.51. The number of rotatable bonds is 7. The number of carbonyl (C=O) groups is 1. The van der Waals surface area contributed by atoms with E-state index in [1.807, 2.05) is 24.3 Å². The van der Waals surface area contributed by atoms with Crippen LogP contribution in [0.5, 0.6) is 0 Å². The first-order chi connectivity index (χ1) is 15.5. The molecule has 0 atom stereocenters. The lowest BCUT2D eigenvalue weighted by atomic mass is 10.1. The Kier molecular flexibility index (Phi) is 7.15. The summed E-state index contributed by atoms with van der Waals surface area (Å²) in [5.41, 5.74) is 7.53. The number of aromatic nitrogens is 2. The molecule has 1 heterocycles. The lowest BCUT2D eigenvalue weighted by Crippen LogP contribution is -2.20. The maximum absolute atomic E-state index is 12.3. The molecule has 0 radical (unpaired) electrons. The number of fused-ring (bicyclic) bond motifs is 1. The van der Waals surface area contributed by atoms with E-state index in [4.69, 9.17) is 28.2 Å². The van der Waals surface area contributed by atoms with Gasteiger partial charge in [0, 0.05) is 10.6 Å². The predicted molar refractivity (Wildman–Crippen MR) is 133 cm³/mol. The van der Waals surface area contributed by atoms with Gasteiger partial charge in [0.05, 0.1) is 34.6 Å². The summed E-state index contributed by atoms with van der Waals surface area (Å²) in [7, 11) is 0. The Morgan fingerprint density at radius 1 is 1.12 bits per heavy atom. The van der Waals surface area contributed by atoms with Gasteiger partial charge in [-0.2, -0.15) is 5.10 Å². The molecule has 162 valence electrons. The van der Waals surface area contributed by atoms with Crippen molar-refractivity contribution in [1.82, 2.24) is 15.0 Å². The maximum atomic E-state index is 12.3. The van der Waals surface area contributed by atoms with Gasteiger partial charge in [-0.1, -0.05) is 83.0 Å². The highest BCUT2D eigenvalue weighted by molar-refractivity contribution is 7.99. The number of hydrogen-bond donors (Lipinski definition) is 1. The Labute approximate surface area is 200 Å². The van der Waals surface area contributed by atoms with Gasteiger partial charge in [0.25, 0.3) is 5.91 Å². The molecular formula is C24H20Cl2N4OS. The van der Waals surface area contributed by atoms with Crippen molar-refractivity contribution in [3.05, 3.63) is 93.5 Å². The number of hydrazone groups is 1. The zero-order valence-corrected chi connectivity index (χ0v) is 19.6. The molecule has 0 spiro atoms. The average Bonchev–Trinajstić information content (AvgIpc) is 3.13. The van der Waals surface area contributed by atoms with Gasteiger partial charge in [-0.05, 0) is 36.8 Å². The van der Waals surface area contributed by atoms with Crippen molar-refractivity contribution in [1.29, 1.82) is 0 Å². The Bertz CT molecular complexity index is 1290. The Balaban J connectivity index is 1.44. The minimum Gasteiger partial charge on any atom is -0.314 e. The van der Waals surface area contributed by atoms with E-state index >= 15 is 0 Å². The molecule has 0 aliphatic rings. The van der Waals surface area contributed by atoms with Crippen LogP contribution in [0, 0.1) is 6.92 Å². The highest BCUT2D eigenvalue weighted by Gasteiger charge is 2.13. The predicted octanol–water partition coefficient (Wildman–Crippen LogP) is 5.94. The largest absolute Gasteiger partial charge is 0.314 e. The number of nitrogens with one attached hydrogen (secondary N) is 1. The standard InChI is InChI=1S/C24H20Cl2N4OS/c1-16-6-8-17(9-7-16)14-30-22-5-3-2-4-21(22)28-24(30)32-15-23(31)29-27-13-18-10-11-19(25)12-20(18)26/h2-13H,14-15H2,1H3,(H,29,31). The topological polar surface area (TPSA) is 59.3 Å². The molecule has 0 saturated carbocycles. The molecule has 0 aliphatic carbocycles. The first-order valence-electron chi connectivity index (χ1n) is 9.90. The van der Waals surface area contributed by atoms with Crippen LogP contribution in [0.2, 0.25) is 10.0 Å². The number of amides is 1. The molecule has 1 N–H and O–H groups in total. The van der Waals surface area contributed by atoms with Crippen LogP contribution in [-0.2, 0) is 11.3 Å². The Morgan fingerprint density at radius 3 is 2.69 bits per heavy atom. The lowest BCUT2D eigenvalue weighted by Gasteiger charge is -2.09. The Morgan fingerprint density at radius 2 is 1.91 bits per heavy atom. The lowest BCUT2D eigenvalue weighted by molar-refractivity contribution is -0.118. The molecule has 8 heteroatoms. The Hall–Kier alpha value is -2.80. The van der Waals surface area contributed by atoms with Gasteiger partial charge < -0.3 is 4.57 Å². The number of nitrogens with zero attached hydrogens (tertiary/aromatic N) is 3. The van der Waals surface area contributed by atoms with Crippen molar-refractivity contribution >= 4 is 58.1 Å². The van der Waals surface area contributed by atoms with Crippen LogP contribution >= 0.6 is 35.0 Å². The number of benzene rings is 3. The maximum Gasteiger partial charge on any atom is 0.250 e. The number of aryl methyl sites for hydroxylation is 1. The van der Waals surface area contributed by atoms with Crippen LogP contribution in [0.4, 0.5) is 0 Å². The molecule has 0 unspecified atom stereocenters. The van der Waals surface area contributed by atoms with E-state index in [0.717, 1.165) is 16.2 Å². The third-order valence-corrected chi connectivity index (χ3v) is 6.31. The van der Waals surface area contributed by atoms with Crippen LogP contribution in [0.1, 0.15) is 16.7 Å². The second-order valence-electron chi connectivity index (χ2n) is 7.20. The van der Waals surface area contributed by atoms with Crippen LogP contribution in [0.15, 0.2) is 77.0 Å². The second kappa shape index (κ2) is 10.2. The molecule has 0 aliphatic heterocycles. The molecule has 1 aromatic heterocycles. The van der Waals surface area contributed by atoms with Gasteiger partial charge >= 0.3 is 0 Å². The number of thioether (sulfide) groups is 1. The molecule has 3 aromatic carbocycles. The second-order valence-corrected chi connectivity index (χ2v) is 8.99. The molecular weight excluding hydrogens is 463 g/mol. The summed E-state index contributed by atoms with van der Waals surface area (Å²) in [5, 5.41) is 5.79. The number of carbonyl (C=O) groups excluding carboxylic acids is 1. The monoisotopic (exact) mass is 482 g/mol. The van der Waals surface area contributed by atoms with E-state index in [2.05, 4.69) is 46.3 Å². The number of hydrogen-bond acceptors (Lipinski definition) is 4. The summed E-state index contributed by atoms with van der Waals surface area (Å²) in [6, 6.07) is 21.5. The highest BCUT2D eigenvalue weighted by atomic mass is 35.5. The van der Waals surface area contributed by atoms with E-state index in [1.54, 1.807) is 18.2 Å². The number of para-hydroxylation sites is 2. The smallest absolute Gasteiger partial charge is 0.250 e. The molecule has 0 bridgehead atoms. The molecule has 0 saturated heterocycles. The van der Waals surface area contributed by atoms with Crippen molar-refractivity contribution in [2.75, 3.05) is 5.75 Å². The summed E-state index contributed by atoms with van der Waals surface area (Å²) in [4.78, 5) is 17.1. The van der Waals surface area contributed by atoms with Crippen LogP contribution in [-0.4, -0.2) is 27.4 Å². The zero-order valence-electron chi connectivity index (χ0n) is 17.3. The van der Waals surface area contributed by atoms with Crippen molar-refractivity contribution in [2.24, 2.45) is 5.10 Å². The number of halogens is 2. The summed E-state index contributed by atoms with van der Waals surface area (Å²) >= 11 is 13.4. The summed E-state index contributed by atoms with van der Waals surface area (Å²) in [6.45, 7) is 2.75. The molecule has 32 heavy (non-hydrogen) atoms. The average molecular weight is 483 g/mol. The van der Waals surface area contributed by atoms with Gasteiger partial charge in [-0.15, -0.1) is 0 Å². The molecule has 4 aromatic rings. The van der Waals surface area contributed by atoms with Gasteiger partial charge in [-0.25, -0.2) is 10.4 Å². The molecule has 0 fully saturated rings. The van der Waals surface area contributed by atoms with E-state index in [9.17, 15) is 4.79 Å². The molecule has 5 nitrogen and oxygen atoms in total. The van der Waals surface area contributed by atoms with Crippen molar-refractivity contribution in [3.63, 3.8) is 0 Å². The minimum atomic E-state index is -0.231. The first-order valence-corrected chi connectivity index (χ1v) is 11.6. The van der Waals surface area contributed by atoms with E-state index in [0.29, 0.717) is 22.2 Å². The van der Waals surface area contributed by atoms with Crippen LogP contribution in [0.3, 0.4) is 0 Å². The van der Waals surface area contributed by atoms with Gasteiger partial charge in [0.2, 0.25) is 0 Å². The quantitative estimate of drug-likeness (QED) is 0.201. The van der Waals surface area contributed by atoms with E-state index in [1.165, 1.54) is 29.1 Å². The fraction of sp³-hybridized carbons (Fsp3) is 0.125. The van der Waals surface area contributed by atoms with Crippen molar-refractivity contribution in [3.8, 4) is 0 Å². The fourth-order valence-corrected chi connectivity index (χ4v) is 4.40. The SMILES string of the molecule is Cc1ccc(Cn2c(SCC(=O)NN=Cc3ccc(Cl)cc3Cl)nc3ccccc32)cc1. The zero-order chi connectivity index (χ0) is 22.5. The first kappa shape index (κ1) is 22.4. The highest BCUT2D eigenvalue weighted by Crippen LogP contribution is 2.25. The van der Waals surface area contributed by atoms with Crippen LogP contribution < -0.4 is 5.43 Å². The summed E-state index contributed by atoms with van der Waals surface area (Å²) in [6.07, 6.45) is 1.49. The van der Waals surface area contributed by atoms with Gasteiger partial charge in [0.15, 0.2) is 5.16 Å². The fourth-order valence-electron chi connectivity index (χ4n) is 3.13. The third-order valence-electron chi connectivity index (χ3n) is 4.77.